The van der Waals surface area contributed by atoms with E-state index in [4.69, 9.17) is 4.74 Å². The van der Waals surface area contributed by atoms with Crippen LogP contribution in [0.5, 0.6) is 0 Å². The van der Waals surface area contributed by atoms with E-state index in [9.17, 15) is 9.18 Å². The zero-order chi connectivity index (χ0) is 15.4. The molecule has 0 atom stereocenters. The van der Waals surface area contributed by atoms with Crippen LogP contribution in [0, 0.1) is 5.82 Å². The third kappa shape index (κ3) is 3.43. The second-order valence-electron chi connectivity index (χ2n) is 5.11. The Kier molecular flexibility index (Phi) is 4.34. The van der Waals surface area contributed by atoms with Gasteiger partial charge in [-0.2, -0.15) is 0 Å². The van der Waals surface area contributed by atoms with E-state index in [0.29, 0.717) is 11.3 Å². The van der Waals surface area contributed by atoms with Gasteiger partial charge in [-0.15, -0.1) is 0 Å². The number of halogens is 1. The molecule has 2 aromatic carbocycles. The van der Waals surface area contributed by atoms with Crippen LogP contribution >= 0.6 is 0 Å². The zero-order valence-corrected chi connectivity index (χ0v) is 12.1. The van der Waals surface area contributed by atoms with Crippen molar-refractivity contribution in [1.82, 2.24) is 0 Å². The maximum absolute atomic E-state index is 13.1. The van der Waals surface area contributed by atoms with Crippen molar-refractivity contribution in [2.24, 2.45) is 0 Å². The minimum Gasteiger partial charge on any atom is -0.378 e. The molecule has 0 aliphatic carbocycles. The molecule has 0 unspecified atom stereocenters. The molecule has 1 aliphatic heterocycles. The van der Waals surface area contributed by atoms with Crippen LogP contribution in [-0.4, -0.2) is 32.2 Å². The highest BCUT2D eigenvalue weighted by molar-refractivity contribution is 6.04. The minimum atomic E-state index is -0.421. The van der Waals surface area contributed by atoms with Crippen LogP contribution in [0.15, 0.2) is 48.5 Å². The summed E-state index contributed by atoms with van der Waals surface area (Å²) < 4.78 is 18.5. The topological polar surface area (TPSA) is 41.6 Å². The van der Waals surface area contributed by atoms with Gasteiger partial charge in [0.25, 0.3) is 5.91 Å². The van der Waals surface area contributed by atoms with E-state index in [1.54, 1.807) is 6.07 Å². The van der Waals surface area contributed by atoms with Crippen LogP contribution in [0.1, 0.15) is 10.4 Å². The van der Waals surface area contributed by atoms with Crippen molar-refractivity contribution < 1.29 is 13.9 Å². The lowest BCUT2D eigenvalue weighted by molar-refractivity contribution is 0.102. The number of morpholine rings is 1. The lowest BCUT2D eigenvalue weighted by Crippen LogP contribution is -2.36. The molecule has 3 rings (SSSR count). The molecule has 1 heterocycles. The molecule has 4 nitrogen and oxygen atoms in total. The molecule has 1 N–H and O–H groups in total. The standard InChI is InChI=1S/C17H17FN2O2/c18-14-3-1-2-13(12-14)17(21)19-15-4-6-16(7-5-15)20-8-10-22-11-9-20/h1-7,12H,8-11H2,(H,19,21). The summed E-state index contributed by atoms with van der Waals surface area (Å²) in [5.41, 5.74) is 2.09. The van der Waals surface area contributed by atoms with Gasteiger partial charge < -0.3 is 15.0 Å². The highest BCUT2D eigenvalue weighted by Crippen LogP contribution is 2.19. The van der Waals surface area contributed by atoms with Crippen LogP contribution in [0.3, 0.4) is 0 Å². The summed E-state index contributed by atoms with van der Waals surface area (Å²) >= 11 is 0. The Morgan fingerprint density at radius 3 is 2.50 bits per heavy atom. The number of hydrogen-bond acceptors (Lipinski definition) is 3. The first-order valence-electron chi connectivity index (χ1n) is 7.22. The number of nitrogens with zero attached hydrogens (tertiary/aromatic N) is 1. The smallest absolute Gasteiger partial charge is 0.255 e. The summed E-state index contributed by atoms with van der Waals surface area (Å²) in [6.45, 7) is 3.21. The van der Waals surface area contributed by atoms with E-state index >= 15 is 0 Å². The van der Waals surface area contributed by atoms with Gasteiger partial charge in [-0.25, -0.2) is 4.39 Å². The van der Waals surface area contributed by atoms with E-state index in [1.165, 1.54) is 18.2 Å². The van der Waals surface area contributed by atoms with Crippen molar-refractivity contribution >= 4 is 17.3 Å². The molecule has 114 valence electrons. The molecule has 0 spiro atoms. The molecule has 0 aromatic heterocycles. The molecule has 0 radical (unpaired) electrons. The van der Waals surface area contributed by atoms with Gasteiger partial charge in [0, 0.05) is 30.0 Å². The van der Waals surface area contributed by atoms with E-state index < -0.39 is 5.82 Å². The van der Waals surface area contributed by atoms with Crippen LogP contribution < -0.4 is 10.2 Å². The number of anilines is 2. The molecular formula is C17H17FN2O2. The Hall–Kier alpha value is -2.40. The molecule has 1 aliphatic rings. The normalized spacial score (nSPS) is 14.7. The number of carbonyl (C=O) groups is 1. The van der Waals surface area contributed by atoms with Crippen LogP contribution in [0.25, 0.3) is 0 Å². The summed E-state index contributed by atoms with van der Waals surface area (Å²) in [7, 11) is 0. The number of benzene rings is 2. The molecule has 1 fully saturated rings. The van der Waals surface area contributed by atoms with Gasteiger partial charge in [0.15, 0.2) is 0 Å². The Morgan fingerprint density at radius 2 is 1.82 bits per heavy atom. The molecule has 22 heavy (non-hydrogen) atoms. The molecule has 0 saturated carbocycles. The number of rotatable bonds is 3. The lowest BCUT2D eigenvalue weighted by atomic mass is 10.2. The predicted molar refractivity (Wildman–Crippen MR) is 83.8 cm³/mol. The first-order valence-corrected chi connectivity index (χ1v) is 7.22. The fraction of sp³-hybridized carbons (Fsp3) is 0.235. The lowest BCUT2D eigenvalue weighted by Gasteiger charge is -2.28. The van der Waals surface area contributed by atoms with E-state index in [2.05, 4.69) is 10.2 Å². The van der Waals surface area contributed by atoms with Gasteiger partial charge in [0.1, 0.15) is 5.82 Å². The zero-order valence-electron chi connectivity index (χ0n) is 12.1. The minimum absolute atomic E-state index is 0.303. The summed E-state index contributed by atoms with van der Waals surface area (Å²) in [6.07, 6.45) is 0. The number of hydrogen-bond donors (Lipinski definition) is 1. The van der Waals surface area contributed by atoms with Gasteiger partial charge in [-0.3, -0.25) is 4.79 Å². The molecule has 5 heteroatoms. The average molecular weight is 300 g/mol. The number of amides is 1. The fourth-order valence-corrected chi connectivity index (χ4v) is 2.41. The molecule has 1 saturated heterocycles. The Morgan fingerprint density at radius 1 is 1.09 bits per heavy atom. The summed E-state index contributed by atoms with van der Waals surface area (Å²) in [5.74, 6) is -0.742. The van der Waals surface area contributed by atoms with Crippen molar-refractivity contribution in [2.75, 3.05) is 36.5 Å². The van der Waals surface area contributed by atoms with Gasteiger partial charge >= 0.3 is 0 Å². The first-order chi connectivity index (χ1) is 10.7. The highest BCUT2D eigenvalue weighted by Gasteiger charge is 2.11. The van der Waals surface area contributed by atoms with Crippen LogP contribution in [0.2, 0.25) is 0 Å². The number of carbonyl (C=O) groups excluding carboxylic acids is 1. The summed E-state index contributed by atoms with van der Waals surface area (Å²) in [4.78, 5) is 14.3. The van der Waals surface area contributed by atoms with E-state index in [-0.39, 0.29) is 5.91 Å². The first kappa shape index (κ1) is 14.5. The Labute approximate surface area is 128 Å². The van der Waals surface area contributed by atoms with Crippen molar-refractivity contribution in [1.29, 1.82) is 0 Å². The fourth-order valence-electron chi connectivity index (χ4n) is 2.41. The molecule has 0 bridgehead atoms. The van der Waals surface area contributed by atoms with Crippen molar-refractivity contribution in [3.8, 4) is 0 Å². The molecule has 1 amide bonds. The summed E-state index contributed by atoms with van der Waals surface area (Å²) in [5, 5.41) is 2.77. The molecular weight excluding hydrogens is 283 g/mol. The second-order valence-corrected chi connectivity index (χ2v) is 5.11. The highest BCUT2D eigenvalue weighted by atomic mass is 19.1. The van der Waals surface area contributed by atoms with Gasteiger partial charge in [-0.05, 0) is 42.5 Å². The maximum Gasteiger partial charge on any atom is 0.255 e. The maximum atomic E-state index is 13.1. The van der Waals surface area contributed by atoms with Crippen LogP contribution in [-0.2, 0) is 4.74 Å². The SMILES string of the molecule is O=C(Nc1ccc(N2CCOCC2)cc1)c1cccc(F)c1. The third-order valence-electron chi connectivity index (χ3n) is 3.59. The number of ether oxygens (including phenoxy) is 1. The molecule has 2 aromatic rings. The van der Waals surface area contributed by atoms with Crippen molar-refractivity contribution in [2.45, 2.75) is 0 Å². The van der Waals surface area contributed by atoms with E-state index in [1.807, 2.05) is 24.3 Å². The third-order valence-corrected chi connectivity index (χ3v) is 3.59. The average Bonchev–Trinajstić information content (AvgIpc) is 2.56. The Balaban J connectivity index is 1.66. The Bertz CT molecular complexity index is 652. The van der Waals surface area contributed by atoms with Gasteiger partial charge in [0.05, 0.1) is 13.2 Å². The van der Waals surface area contributed by atoms with Crippen molar-refractivity contribution in [3.63, 3.8) is 0 Å². The summed E-state index contributed by atoms with van der Waals surface area (Å²) in [6, 6.07) is 13.3. The van der Waals surface area contributed by atoms with Crippen molar-refractivity contribution in [3.05, 3.63) is 59.9 Å². The second kappa shape index (κ2) is 6.58. The van der Waals surface area contributed by atoms with E-state index in [0.717, 1.165) is 32.0 Å². The number of nitrogens with one attached hydrogen (secondary N) is 1. The quantitative estimate of drug-likeness (QED) is 0.947. The van der Waals surface area contributed by atoms with Crippen LogP contribution in [0.4, 0.5) is 15.8 Å². The predicted octanol–water partition coefficient (Wildman–Crippen LogP) is 2.91. The van der Waals surface area contributed by atoms with Gasteiger partial charge in [0.2, 0.25) is 0 Å². The largest absolute Gasteiger partial charge is 0.378 e. The monoisotopic (exact) mass is 300 g/mol. The van der Waals surface area contributed by atoms with Gasteiger partial charge in [-0.1, -0.05) is 6.07 Å².